The lowest BCUT2D eigenvalue weighted by Crippen LogP contribution is -2.50. The number of aliphatic hydroxyl groups is 1. The lowest BCUT2D eigenvalue weighted by Gasteiger charge is -2.47. The van der Waals surface area contributed by atoms with Crippen molar-refractivity contribution in [2.75, 3.05) is 19.7 Å². The molecule has 1 fully saturated rings. The third-order valence-corrected chi connectivity index (χ3v) is 5.43. The van der Waals surface area contributed by atoms with E-state index < -0.39 is 0 Å². The van der Waals surface area contributed by atoms with Crippen molar-refractivity contribution in [2.45, 2.75) is 38.1 Å². The van der Waals surface area contributed by atoms with E-state index in [9.17, 15) is 5.11 Å². The summed E-state index contributed by atoms with van der Waals surface area (Å²) in [6, 6.07) is 7.27. The number of likely N-dealkylation sites (tertiary alicyclic amines) is 1. The third kappa shape index (κ3) is 2.02. The van der Waals surface area contributed by atoms with Crippen LogP contribution in [0.3, 0.4) is 0 Å². The molecule has 3 nitrogen and oxygen atoms in total. The number of aromatic amines is 1. The van der Waals surface area contributed by atoms with E-state index >= 15 is 0 Å². The van der Waals surface area contributed by atoms with Gasteiger partial charge in [0, 0.05) is 42.2 Å². The molecule has 0 bridgehead atoms. The average Bonchev–Trinajstić information content (AvgIpc) is 2.93. The second-order valence-electron chi connectivity index (χ2n) is 6.74. The summed E-state index contributed by atoms with van der Waals surface area (Å²) in [4.78, 5) is 6.06. The highest BCUT2D eigenvalue weighted by Crippen LogP contribution is 2.44. The van der Waals surface area contributed by atoms with Gasteiger partial charge in [0.05, 0.1) is 0 Å². The number of hydrogen-bond donors (Lipinski definition) is 2. The molecule has 1 aromatic heterocycles. The number of nitrogens with one attached hydrogen (secondary N) is 1. The van der Waals surface area contributed by atoms with Crippen LogP contribution in [0.2, 0.25) is 0 Å². The molecule has 3 atom stereocenters. The number of piperidine rings is 1. The molecule has 21 heavy (non-hydrogen) atoms. The first-order valence-corrected chi connectivity index (χ1v) is 8.25. The number of hydrogen-bond acceptors (Lipinski definition) is 2. The molecule has 2 N–H and O–H groups in total. The summed E-state index contributed by atoms with van der Waals surface area (Å²) in [5.74, 6) is 1.00. The minimum atomic E-state index is 0.319. The van der Waals surface area contributed by atoms with Gasteiger partial charge in [-0.3, -0.25) is 4.90 Å². The van der Waals surface area contributed by atoms with Crippen LogP contribution in [0.15, 0.2) is 24.4 Å². The quantitative estimate of drug-likeness (QED) is 0.909. The highest BCUT2D eigenvalue weighted by molar-refractivity contribution is 5.88. The standard InChI is InChI=1S/C18H24N2O/c1-2-6-20-10-12(11-21)7-15-14-4-3-5-16-18(14)13(9-19-16)8-17(15)20/h3-5,9,12,15,17,19,21H,2,6-8,10-11H2,1H3/t12-,15+,17+/m0/s1. The molecule has 1 saturated heterocycles. The summed E-state index contributed by atoms with van der Waals surface area (Å²) in [6.07, 6.45) is 5.67. The fraction of sp³-hybridized carbons (Fsp3) is 0.556. The van der Waals surface area contributed by atoms with Gasteiger partial charge < -0.3 is 10.1 Å². The molecule has 2 aromatic rings. The highest BCUT2D eigenvalue weighted by atomic mass is 16.3. The van der Waals surface area contributed by atoms with Crippen molar-refractivity contribution < 1.29 is 5.11 Å². The molecule has 1 aliphatic heterocycles. The Morgan fingerprint density at radius 1 is 1.38 bits per heavy atom. The molecule has 1 aliphatic carbocycles. The summed E-state index contributed by atoms with van der Waals surface area (Å²) in [7, 11) is 0. The Labute approximate surface area is 126 Å². The van der Waals surface area contributed by atoms with Crippen LogP contribution in [-0.2, 0) is 6.42 Å². The topological polar surface area (TPSA) is 39.3 Å². The van der Waals surface area contributed by atoms with E-state index in [4.69, 9.17) is 0 Å². The molecule has 0 amide bonds. The Morgan fingerprint density at radius 3 is 3.10 bits per heavy atom. The molecule has 2 aliphatic rings. The van der Waals surface area contributed by atoms with Crippen molar-refractivity contribution >= 4 is 10.9 Å². The maximum absolute atomic E-state index is 9.68. The van der Waals surface area contributed by atoms with Crippen LogP contribution in [0.1, 0.15) is 36.8 Å². The van der Waals surface area contributed by atoms with Crippen LogP contribution in [0.25, 0.3) is 10.9 Å². The molecule has 0 saturated carbocycles. The maximum atomic E-state index is 9.68. The van der Waals surface area contributed by atoms with E-state index in [1.54, 1.807) is 0 Å². The van der Waals surface area contributed by atoms with Gasteiger partial charge in [-0.1, -0.05) is 19.1 Å². The summed E-state index contributed by atoms with van der Waals surface area (Å²) in [6.45, 7) is 4.77. The van der Waals surface area contributed by atoms with E-state index in [0.717, 1.165) is 25.9 Å². The van der Waals surface area contributed by atoms with E-state index in [1.807, 2.05) is 0 Å². The zero-order valence-electron chi connectivity index (χ0n) is 12.7. The first-order chi connectivity index (χ1) is 10.3. The van der Waals surface area contributed by atoms with Crippen molar-refractivity contribution in [3.63, 3.8) is 0 Å². The molecule has 0 unspecified atom stereocenters. The molecule has 0 spiro atoms. The third-order valence-electron chi connectivity index (χ3n) is 5.43. The zero-order chi connectivity index (χ0) is 14.4. The number of benzene rings is 1. The van der Waals surface area contributed by atoms with E-state index in [-0.39, 0.29) is 0 Å². The van der Waals surface area contributed by atoms with Gasteiger partial charge in [0.25, 0.3) is 0 Å². The smallest absolute Gasteiger partial charge is 0.0471 e. The van der Waals surface area contributed by atoms with Crippen molar-refractivity contribution in [1.29, 1.82) is 0 Å². The minimum Gasteiger partial charge on any atom is -0.396 e. The van der Waals surface area contributed by atoms with Gasteiger partial charge in [-0.25, -0.2) is 0 Å². The van der Waals surface area contributed by atoms with Crippen molar-refractivity contribution in [3.8, 4) is 0 Å². The van der Waals surface area contributed by atoms with Crippen LogP contribution in [0, 0.1) is 5.92 Å². The molecule has 112 valence electrons. The second-order valence-corrected chi connectivity index (χ2v) is 6.74. The number of fused-ring (bicyclic) bond motifs is 2. The van der Waals surface area contributed by atoms with E-state index in [0.29, 0.717) is 24.5 Å². The molecule has 4 rings (SSSR count). The van der Waals surface area contributed by atoms with Crippen LogP contribution >= 0.6 is 0 Å². The Kier molecular flexibility index (Phi) is 3.27. The average molecular weight is 284 g/mol. The van der Waals surface area contributed by atoms with Crippen LogP contribution in [0.4, 0.5) is 0 Å². The lowest BCUT2D eigenvalue weighted by molar-refractivity contribution is 0.0572. The van der Waals surface area contributed by atoms with Crippen molar-refractivity contribution in [2.24, 2.45) is 5.92 Å². The maximum Gasteiger partial charge on any atom is 0.0471 e. The predicted molar refractivity (Wildman–Crippen MR) is 85.6 cm³/mol. The normalized spacial score (nSPS) is 28.8. The summed E-state index contributed by atoms with van der Waals surface area (Å²) in [5, 5.41) is 11.1. The summed E-state index contributed by atoms with van der Waals surface area (Å²) >= 11 is 0. The van der Waals surface area contributed by atoms with Gasteiger partial charge in [0.15, 0.2) is 0 Å². The molecule has 2 heterocycles. The van der Waals surface area contributed by atoms with E-state index in [2.05, 4.69) is 41.2 Å². The lowest BCUT2D eigenvalue weighted by atomic mass is 9.72. The molecular formula is C18H24N2O. The summed E-state index contributed by atoms with van der Waals surface area (Å²) in [5.41, 5.74) is 4.25. The molecular weight excluding hydrogens is 260 g/mol. The van der Waals surface area contributed by atoms with Gasteiger partial charge in [0.1, 0.15) is 0 Å². The minimum absolute atomic E-state index is 0.319. The van der Waals surface area contributed by atoms with Crippen LogP contribution < -0.4 is 0 Å². The van der Waals surface area contributed by atoms with Gasteiger partial charge in [-0.2, -0.15) is 0 Å². The Hall–Kier alpha value is -1.32. The predicted octanol–water partition coefficient (Wildman–Crippen LogP) is 2.90. The molecule has 1 aromatic carbocycles. The largest absolute Gasteiger partial charge is 0.396 e. The van der Waals surface area contributed by atoms with Gasteiger partial charge in [0.2, 0.25) is 0 Å². The molecule has 0 radical (unpaired) electrons. The number of rotatable bonds is 3. The fourth-order valence-electron chi connectivity index (χ4n) is 4.58. The van der Waals surface area contributed by atoms with Crippen LogP contribution in [-0.4, -0.2) is 40.7 Å². The Morgan fingerprint density at radius 2 is 2.29 bits per heavy atom. The number of aromatic nitrogens is 1. The highest BCUT2D eigenvalue weighted by Gasteiger charge is 2.40. The zero-order valence-corrected chi connectivity index (χ0v) is 12.7. The monoisotopic (exact) mass is 284 g/mol. The number of nitrogens with zero attached hydrogens (tertiary/aromatic N) is 1. The van der Waals surface area contributed by atoms with Crippen molar-refractivity contribution in [3.05, 3.63) is 35.5 Å². The molecule has 3 heteroatoms. The van der Waals surface area contributed by atoms with Gasteiger partial charge in [-0.15, -0.1) is 0 Å². The first-order valence-electron chi connectivity index (χ1n) is 8.25. The van der Waals surface area contributed by atoms with Gasteiger partial charge >= 0.3 is 0 Å². The number of H-pyrrole nitrogens is 1. The summed E-state index contributed by atoms with van der Waals surface area (Å²) < 4.78 is 0. The fourth-order valence-corrected chi connectivity index (χ4v) is 4.58. The Balaban J connectivity index is 1.79. The number of aliphatic hydroxyl groups excluding tert-OH is 1. The Bertz CT molecular complexity index is 648. The second kappa shape index (κ2) is 5.15. The van der Waals surface area contributed by atoms with Gasteiger partial charge in [-0.05, 0) is 48.9 Å². The first kappa shape index (κ1) is 13.4. The van der Waals surface area contributed by atoms with E-state index in [1.165, 1.54) is 28.5 Å². The van der Waals surface area contributed by atoms with Crippen LogP contribution in [0.5, 0.6) is 0 Å². The van der Waals surface area contributed by atoms with Crippen molar-refractivity contribution in [1.82, 2.24) is 9.88 Å². The SMILES string of the molecule is CCCN1C[C@@H](CO)C[C@@H]2c3cccc4[nH]cc(c34)C[C@H]21.